The predicted molar refractivity (Wildman–Crippen MR) is 67.9 cm³/mol. The second kappa shape index (κ2) is 5.81. The summed E-state index contributed by atoms with van der Waals surface area (Å²) in [6, 6.07) is 2.13. The molecule has 1 aliphatic rings. The van der Waals surface area contributed by atoms with E-state index in [4.69, 9.17) is 10.5 Å². The van der Waals surface area contributed by atoms with Gasteiger partial charge < -0.3 is 10.5 Å². The van der Waals surface area contributed by atoms with Gasteiger partial charge in [-0.05, 0) is 10.3 Å². The minimum Gasteiger partial charge on any atom is -0.369 e. The lowest BCUT2D eigenvalue weighted by Crippen LogP contribution is -2.38. The summed E-state index contributed by atoms with van der Waals surface area (Å²) >= 11 is 1.51. The Kier molecular flexibility index (Phi) is 4.39. The summed E-state index contributed by atoms with van der Waals surface area (Å²) < 4.78 is 10.0. The maximum Gasteiger partial charge on any atom is 0.268 e. The summed E-state index contributed by atoms with van der Waals surface area (Å²) in [6.45, 7) is 3.50. The molecule has 1 saturated heterocycles. The van der Waals surface area contributed by atoms with Crippen LogP contribution < -0.4 is 15.0 Å². The van der Waals surface area contributed by atoms with Crippen molar-refractivity contribution in [3.05, 3.63) is 10.7 Å². The molecule has 1 fully saturated rings. The van der Waals surface area contributed by atoms with Crippen molar-refractivity contribution in [2.45, 2.75) is 4.21 Å². The van der Waals surface area contributed by atoms with E-state index in [1.54, 1.807) is 20.7 Å². The molecule has 0 aromatic carbocycles. The van der Waals surface area contributed by atoms with E-state index in [0.717, 1.165) is 30.5 Å². The molecule has 1 aromatic heterocycles. The van der Waals surface area contributed by atoms with Crippen molar-refractivity contribution in [2.24, 2.45) is 5.73 Å². The fourth-order valence-corrected chi connectivity index (χ4v) is 4.99. The molecule has 0 spiro atoms. The second-order valence-electron chi connectivity index (χ2n) is 3.32. The summed E-state index contributed by atoms with van der Waals surface area (Å²) in [7, 11) is 3.45. The molecule has 4 nitrogen and oxygen atoms in total. The molecule has 0 bridgehead atoms. The average Bonchev–Trinajstić information content (AvgIpc) is 2.76. The molecule has 0 radical (unpaired) electrons. The lowest BCUT2D eigenvalue weighted by molar-refractivity contribution is -0.115. The van der Waals surface area contributed by atoms with Gasteiger partial charge in [0.05, 0.1) is 9.96 Å². The number of morpholine rings is 1. The van der Waals surface area contributed by atoms with Gasteiger partial charge in [-0.3, -0.25) is 4.79 Å². The quantitative estimate of drug-likeness (QED) is 0.487. The lowest BCUT2D eigenvalue weighted by atomic mass is 10.5. The van der Waals surface area contributed by atoms with E-state index in [2.05, 4.69) is 10.6 Å². The first kappa shape index (κ1) is 12.1. The zero-order chi connectivity index (χ0) is 11.4. The maximum absolute atomic E-state index is 10.7. The molecule has 2 N–H and O–H groups in total. The summed E-state index contributed by atoms with van der Waals surface area (Å²) in [5.41, 5.74) is 5.11. The molecule has 2 rings (SSSR count). The van der Waals surface area contributed by atoms with Gasteiger partial charge in [-0.15, -0.1) is 11.8 Å². The minimum absolute atomic E-state index is 0.267. The first-order valence-electron chi connectivity index (χ1n) is 4.92. The third-order valence-electron chi connectivity index (χ3n) is 2.13. The SMILES string of the molecule is NC(=O)CSc1cc(=[N+]2CCOCC2)ss1. The van der Waals surface area contributed by atoms with Crippen LogP contribution in [0.2, 0.25) is 0 Å². The third kappa shape index (κ3) is 3.31. The lowest BCUT2D eigenvalue weighted by Gasteiger charge is -2.08. The molecule has 1 aromatic rings. The van der Waals surface area contributed by atoms with Crippen LogP contribution in [0.15, 0.2) is 10.3 Å². The van der Waals surface area contributed by atoms with E-state index < -0.39 is 0 Å². The number of rotatable bonds is 3. The normalized spacial score (nSPS) is 16.4. The summed E-state index contributed by atoms with van der Waals surface area (Å²) in [4.78, 5) is 10.7. The third-order valence-corrected chi connectivity index (χ3v) is 6.09. The van der Waals surface area contributed by atoms with Crippen LogP contribution in [-0.2, 0) is 9.53 Å². The van der Waals surface area contributed by atoms with Gasteiger partial charge in [-0.1, -0.05) is 10.3 Å². The Morgan fingerprint density at radius 2 is 2.25 bits per heavy atom. The standard InChI is InChI=1S/C9H12N2O2S3/c10-7(12)6-14-9-5-8(15-16-9)11-1-3-13-4-2-11/h5H,1-4,6H2,(H-,10,12)/p+1. The van der Waals surface area contributed by atoms with Crippen LogP contribution >= 0.6 is 32.4 Å². The molecule has 1 aliphatic heterocycles. The van der Waals surface area contributed by atoms with Crippen LogP contribution in [0.1, 0.15) is 0 Å². The van der Waals surface area contributed by atoms with E-state index in [1.807, 2.05) is 0 Å². The minimum atomic E-state index is -0.267. The van der Waals surface area contributed by atoms with Crippen LogP contribution in [-0.4, -0.2) is 38.0 Å². The Balaban J connectivity index is 2.08. The number of hydrogen-bond donors (Lipinski definition) is 1. The summed E-state index contributed by atoms with van der Waals surface area (Å²) in [5, 5.41) is 0. The van der Waals surface area contributed by atoms with Gasteiger partial charge in [0.15, 0.2) is 13.1 Å². The number of ether oxygens (including phenoxy) is 1. The fraction of sp³-hybridized carbons (Fsp3) is 0.556. The van der Waals surface area contributed by atoms with Gasteiger partial charge in [0, 0.05) is 6.07 Å². The van der Waals surface area contributed by atoms with Gasteiger partial charge in [0.1, 0.15) is 13.2 Å². The van der Waals surface area contributed by atoms with Crippen molar-refractivity contribution in [1.82, 2.24) is 4.58 Å². The number of thioether (sulfide) groups is 1. The fourth-order valence-electron chi connectivity index (χ4n) is 1.37. The number of nitrogens with zero attached hydrogens (tertiary/aromatic N) is 1. The molecule has 2 heterocycles. The molecular weight excluding hydrogens is 264 g/mol. The zero-order valence-corrected chi connectivity index (χ0v) is 11.1. The van der Waals surface area contributed by atoms with Gasteiger partial charge in [-0.25, -0.2) is 4.58 Å². The molecule has 1 amide bonds. The Morgan fingerprint density at radius 1 is 1.50 bits per heavy atom. The van der Waals surface area contributed by atoms with Crippen molar-refractivity contribution < 1.29 is 9.53 Å². The molecule has 88 valence electrons. The van der Waals surface area contributed by atoms with Gasteiger partial charge in [0.2, 0.25) is 5.91 Å². The number of nitrogens with two attached hydrogens (primary N) is 1. The second-order valence-corrected chi connectivity index (χ2v) is 6.79. The topological polar surface area (TPSA) is 55.3 Å². The van der Waals surface area contributed by atoms with Crippen LogP contribution in [0.4, 0.5) is 0 Å². The molecule has 0 unspecified atom stereocenters. The molecule has 0 saturated carbocycles. The number of carbonyl (C=O) groups excluding carboxylic acids is 1. The zero-order valence-electron chi connectivity index (χ0n) is 8.68. The van der Waals surface area contributed by atoms with Crippen molar-refractivity contribution in [2.75, 3.05) is 32.1 Å². The first-order valence-corrected chi connectivity index (χ1v) is 8.06. The molecule has 0 atom stereocenters. The van der Waals surface area contributed by atoms with E-state index in [-0.39, 0.29) is 5.91 Å². The van der Waals surface area contributed by atoms with Gasteiger partial charge in [0.25, 0.3) is 4.67 Å². The molecule has 7 heteroatoms. The van der Waals surface area contributed by atoms with E-state index in [9.17, 15) is 4.79 Å². The average molecular weight is 277 g/mol. The highest BCUT2D eigenvalue weighted by atomic mass is 32.9. The van der Waals surface area contributed by atoms with Crippen molar-refractivity contribution in [3.63, 3.8) is 0 Å². The van der Waals surface area contributed by atoms with E-state index in [1.165, 1.54) is 16.4 Å². The smallest absolute Gasteiger partial charge is 0.268 e. The monoisotopic (exact) mass is 277 g/mol. The Labute approximate surface area is 105 Å². The number of carbonyl (C=O) groups is 1. The summed E-state index contributed by atoms with van der Waals surface area (Å²) in [6.07, 6.45) is 0. The Bertz CT molecular complexity index is 430. The highest BCUT2D eigenvalue weighted by Crippen LogP contribution is 2.23. The first-order chi connectivity index (χ1) is 7.75. The number of hydrogen-bond acceptors (Lipinski definition) is 5. The highest BCUT2D eigenvalue weighted by molar-refractivity contribution is 8.03. The Morgan fingerprint density at radius 3 is 2.94 bits per heavy atom. The molecule has 0 aliphatic carbocycles. The Hall–Kier alpha value is -0.370. The van der Waals surface area contributed by atoms with Crippen LogP contribution in [0.5, 0.6) is 0 Å². The number of amides is 1. The van der Waals surface area contributed by atoms with Crippen molar-refractivity contribution in [1.29, 1.82) is 0 Å². The highest BCUT2D eigenvalue weighted by Gasteiger charge is 2.13. The predicted octanol–water partition coefficient (Wildman–Crippen LogP) is 0.189. The van der Waals surface area contributed by atoms with Crippen LogP contribution in [0.3, 0.4) is 0 Å². The molecular formula is C9H13N2O2S3+. The largest absolute Gasteiger partial charge is 0.369 e. The van der Waals surface area contributed by atoms with Gasteiger partial charge in [-0.2, -0.15) is 0 Å². The van der Waals surface area contributed by atoms with Crippen LogP contribution in [0, 0.1) is 0 Å². The van der Waals surface area contributed by atoms with Gasteiger partial charge >= 0.3 is 0 Å². The van der Waals surface area contributed by atoms with Crippen molar-refractivity contribution in [3.8, 4) is 0 Å². The van der Waals surface area contributed by atoms with E-state index in [0.29, 0.717) is 5.75 Å². The maximum atomic E-state index is 10.7. The molecule has 16 heavy (non-hydrogen) atoms. The van der Waals surface area contributed by atoms with Crippen molar-refractivity contribution >= 4 is 38.3 Å². The van der Waals surface area contributed by atoms with Crippen LogP contribution in [0.25, 0.3) is 0 Å². The summed E-state index contributed by atoms with van der Waals surface area (Å²) in [5.74, 6) is 0.0896. The van der Waals surface area contributed by atoms with E-state index >= 15 is 0 Å². The number of primary amides is 1.